The van der Waals surface area contributed by atoms with Crippen LogP contribution in [0.1, 0.15) is 23.3 Å². The highest BCUT2D eigenvalue weighted by molar-refractivity contribution is 9.10. The Bertz CT molecular complexity index is 617. The second kappa shape index (κ2) is 6.41. The van der Waals surface area contributed by atoms with Crippen molar-refractivity contribution in [1.82, 2.24) is 20.8 Å². The monoisotopic (exact) mass is 348 g/mol. The van der Waals surface area contributed by atoms with Gasteiger partial charge in [-0.05, 0) is 37.6 Å². The second-order valence-electron chi connectivity index (χ2n) is 5.19. The van der Waals surface area contributed by atoms with Crippen LogP contribution in [0.4, 0.5) is 0 Å². The van der Waals surface area contributed by atoms with Gasteiger partial charge in [-0.2, -0.15) is 5.10 Å². The number of benzene rings is 1. The first kappa shape index (κ1) is 14.3. The van der Waals surface area contributed by atoms with Crippen molar-refractivity contribution in [3.8, 4) is 11.3 Å². The van der Waals surface area contributed by atoms with Gasteiger partial charge in [0.2, 0.25) is 0 Å². The lowest BCUT2D eigenvalue weighted by atomic mass is 10.1. The van der Waals surface area contributed by atoms with E-state index in [9.17, 15) is 4.79 Å². The first-order chi connectivity index (χ1) is 10.2. The third kappa shape index (κ3) is 3.51. The van der Waals surface area contributed by atoms with Gasteiger partial charge in [-0.15, -0.1) is 0 Å². The molecular weight excluding hydrogens is 332 g/mol. The van der Waals surface area contributed by atoms with Gasteiger partial charge >= 0.3 is 0 Å². The molecule has 1 aromatic heterocycles. The van der Waals surface area contributed by atoms with Crippen molar-refractivity contribution >= 4 is 21.8 Å². The molecule has 2 aromatic rings. The van der Waals surface area contributed by atoms with Gasteiger partial charge in [0.25, 0.3) is 5.91 Å². The minimum absolute atomic E-state index is 0.0976. The molecule has 21 heavy (non-hydrogen) atoms. The number of hydrogen-bond acceptors (Lipinski definition) is 3. The van der Waals surface area contributed by atoms with Crippen LogP contribution >= 0.6 is 15.9 Å². The molecule has 0 saturated carbocycles. The molecule has 1 aliphatic heterocycles. The SMILES string of the molecule is O=C(N[C@H]1CCCNC1)c1cc(-c2ccc(Br)cc2)n[nH]1. The van der Waals surface area contributed by atoms with Crippen LogP contribution in [-0.2, 0) is 0 Å². The highest BCUT2D eigenvalue weighted by atomic mass is 79.9. The van der Waals surface area contributed by atoms with E-state index in [2.05, 4.69) is 36.8 Å². The Balaban J connectivity index is 1.69. The molecule has 1 fully saturated rings. The minimum Gasteiger partial charge on any atom is -0.347 e. The average molecular weight is 349 g/mol. The van der Waals surface area contributed by atoms with Gasteiger partial charge in [-0.3, -0.25) is 9.89 Å². The van der Waals surface area contributed by atoms with Crippen molar-refractivity contribution in [2.75, 3.05) is 13.1 Å². The molecule has 1 aliphatic rings. The van der Waals surface area contributed by atoms with Crippen molar-refractivity contribution < 1.29 is 4.79 Å². The summed E-state index contributed by atoms with van der Waals surface area (Å²) in [6.45, 7) is 1.86. The van der Waals surface area contributed by atoms with Crippen LogP contribution in [0, 0.1) is 0 Å². The molecule has 0 unspecified atom stereocenters. The fourth-order valence-electron chi connectivity index (χ4n) is 2.44. The molecule has 6 heteroatoms. The third-order valence-electron chi connectivity index (χ3n) is 3.59. The maximum Gasteiger partial charge on any atom is 0.269 e. The highest BCUT2D eigenvalue weighted by Crippen LogP contribution is 2.20. The van der Waals surface area contributed by atoms with E-state index in [4.69, 9.17) is 0 Å². The average Bonchev–Trinajstić information content (AvgIpc) is 2.99. The van der Waals surface area contributed by atoms with Gasteiger partial charge in [0.05, 0.1) is 5.69 Å². The maximum atomic E-state index is 12.2. The van der Waals surface area contributed by atoms with Crippen molar-refractivity contribution in [3.05, 3.63) is 40.5 Å². The van der Waals surface area contributed by atoms with Crippen molar-refractivity contribution in [2.24, 2.45) is 0 Å². The summed E-state index contributed by atoms with van der Waals surface area (Å²) in [6.07, 6.45) is 2.12. The van der Waals surface area contributed by atoms with Crippen LogP contribution in [0.15, 0.2) is 34.8 Å². The van der Waals surface area contributed by atoms with E-state index in [0.717, 1.165) is 41.7 Å². The third-order valence-corrected chi connectivity index (χ3v) is 4.12. The molecule has 0 radical (unpaired) electrons. The number of carbonyl (C=O) groups excluding carboxylic acids is 1. The number of rotatable bonds is 3. The zero-order valence-corrected chi connectivity index (χ0v) is 13.1. The molecule has 1 amide bonds. The molecule has 1 saturated heterocycles. The van der Waals surface area contributed by atoms with Crippen molar-refractivity contribution in [2.45, 2.75) is 18.9 Å². The van der Waals surface area contributed by atoms with Crippen molar-refractivity contribution in [1.29, 1.82) is 0 Å². The number of halogens is 1. The number of H-pyrrole nitrogens is 1. The van der Waals surface area contributed by atoms with E-state index in [1.165, 1.54) is 0 Å². The summed E-state index contributed by atoms with van der Waals surface area (Å²) in [4.78, 5) is 12.2. The molecule has 3 rings (SSSR count). The number of amides is 1. The Hall–Kier alpha value is -1.66. The Labute approximate surface area is 131 Å². The van der Waals surface area contributed by atoms with Crippen LogP contribution in [0.5, 0.6) is 0 Å². The van der Waals surface area contributed by atoms with E-state index in [1.54, 1.807) is 6.07 Å². The van der Waals surface area contributed by atoms with Gasteiger partial charge in [-0.25, -0.2) is 0 Å². The van der Waals surface area contributed by atoms with Gasteiger partial charge in [-0.1, -0.05) is 28.1 Å². The summed E-state index contributed by atoms with van der Waals surface area (Å²) in [5.41, 5.74) is 2.25. The van der Waals surface area contributed by atoms with Crippen molar-refractivity contribution in [3.63, 3.8) is 0 Å². The Morgan fingerprint density at radius 2 is 2.14 bits per heavy atom. The van der Waals surface area contributed by atoms with Gasteiger partial charge < -0.3 is 10.6 Å². The Morgan fingerprint density at radius 1 is 1.33 bits per heavy atom. The van der Waals surface area contributed by atoms with E-state index in [0.29, 0.717) is 5.69 Å². The number of hydrogen-bond donors (Lipinski definition) is 3. The number of nitrogens with one attached hydrogen (secondary N) is 3. The molecule has 0 aliphatic carbocycles. The lowest BCUT2D eigenvalue weighted by molar-refractivity contribution is 0.0925. The summed E-state index contributed by atoms with van der Waals surface area (Å²) in [7, 11) is 0. The minimum atomic E-state index is -0.0976. The Kier molecular flexibility index (Phi) is 4.36. The summed E-state index contributed by atoms with van der Waals surface area (Å²) in [6, 6.07) is 9.83. The smallest absolute Gasteiger partial charge is 0.269 e. The number of nitrogens with zero attached hydrogens (tertiary/aromatic N) is 1. The first-order valence-electron chi connectivity index (χ1n) is 7.05. The number of aromatic amines is 1. The summed E-state index contributed by atoms with van der Waals surface area (Å²) in [5.74, 6) is -0.0976. The van der Waals surface area contributed by atoms with E-state index in [-0.39, 0.29) is 11.9 Å². The Morgan fingerprint density at radius 3 is 2.86 bits per heavy atom. The molecule has 0 bridgehead atoms. The topological polar surface area (TPSA) is 69.8 Å². The summed E-state index contributed by atoms with van der Waals surface area (Å²) >= 11 is 3.40. The molecule has 0 spiro atoms. The quantitative estimate of drug-likeness (QED) is 0.797. The largest absolute Gasteiger partial charge is 0.347 e. The molecule has 110 valence electrons. The second-order valence-corrected chi connectivity index (χ2v) is 6.11. The summed E-state index contributed by atoms with van der Waals surface area (Å²) < 4.78 is 1.02. The summed E-state index contributed by atoms with van der Waals surface area (Å²) in [5, 5.41) is 13.3. The molecule has 5 nitrogen and oxygen atoms in total. The van der Waals surface area contributed by atoms with Gasteiger partial charge in [0.1, 0.15) is 5.69 Å². The maximum absolute atomic E-state index is 12.2. The highest BCUT2D eigenvalue weighted by Gasteiger charge is 2.18. The first-order valence-corrected chi connectivity index (χ1v) is 7.84. The zero-order chi connectivity index (χ0) is 14.7. The van der Waals surface area contributed by atoms with Crippen LogP contribution in [0.2, 0.25) is 0 Å². The number of carbonyl (C=O) groups is 1. The predicted molar refractivity (Wildman–Crippen MR) is 85.1 cm³/mol. The molecule has 1 atom stereocenters. The van der Waals surface area contributed by atoms with Crippen LogP contribution < -0.4 is 10.6 Å². The normalized spacial score (nSPS) is 18.4. The number of aromatic nitrogens is 2. The predicted octanol–water partition coefficient (Wildman–Crippen LogP) is 2.32. The number of piperidine rings is 1. The van der Waals surface area contributed by atoms with E-state index in [1.807, 2.05) is 24.3 Å². The molecule has 2 heterocycles. The molecular formula is C15H17BrN4O. The lowest BCUT2D eigenvalue weighted by Crippen LogP contribution is -2.45. The lowest BCUT2D eigenvalue weighted by Gasteiger charge is -2.23. The fourth-order valence-corrected chi connectivity index (χ4v) is 2.71. The molecule has 3 N–H and O–H groups in total. The van der Waals surface area contributed by atoms with Crippen LogP contribution in [-0.4, -0.2) is 35.2 Å². The standard InChI is InChI=1S/C15H17BrN4O/c16-11-5-3-10(4-6-11)13-8-14(20-19-13)15(21)18-12-2-1-7-17-9-12/h3-6,8,12,17H,1-2,7,9H2,(H,18,21)(H,19,20)/t12-/m0/s1. The van der Waals surface area contributed by atoms with E-state index < -0.39 is 0 Å². The fraction of sp³-hybridized carbons (Fsp3) is 0.333. The molecule has 1 aromatic carbocycles. The van der Waals surface area contributed by atoms with E-state index >= 15 is 0 Å². The van der Waals surface area contributed by atoms with Gasteiger partial charge in [0, 0.05) is 22.6 Å². The van der Waals surface area contributed by atoms with Crippen LogP contribution in [0.25, 0.3) is 11.3 Å². The zero-order valence-electron chi connectivity index (χ0n) is 11.5. The van der Waals surface area contributed by atoms with Crippen LogP contribution in [0.3, 0.4) is 0 Å². The van der Waals surface area contributed by atoms with Gasteiger partial charge in [0.15, 0.2) is 0 Å².